The van der Waals surface area contributed by atoms with Gasteiger partial charge in [-0.15, -0.1) is 0 Å². The summed E-state index contributed by atoms with van der Waals surface area (Å²) in [6, 6.07) is 34.1. The first-order chi connectivity index (χ1) is 12.8. The van der Waals surface area contributed by atoms with Crippen LogP contribution in [0.3, 0.4) is 0 Å². The van der Waals surface area contributed by atoms with Gasteiger partial charge in [-0.05, 0) is 0 Å². The molecule has 1 N–H and O–H groups in total. The van der Waals surface area contributed by atoms with Gasteiger partial charge in [0.25, 0.3) is 0 Å². The maximum absolute atomic E-state index is 10.7. The van der Waals surface area contributed by atoms with E-state index in [1.807, 2.05) is 91.0 Å². The minimum absolute atomic E-state index is 0. The van der Waals surface area contributed by atoms with E-state index in [1.165, 1.54) is 5.56 Å². The van der Waals surface area contributed by atoms with Gasteiger partial charge in [-0.3, -0.25) is 4.79 Å². The molecule has 0 atom stereocenters. The molecule has 0 aliphatic rings. The van der Waals surface area contributed by atoms with Crippen LogP contribution in [0, 0.1) is 0 Å². The van der Waals surface area contributed by atoms with Gasteiger partial charge in [0.2, 0.25) is 0 Å². The molecule has 148 valence electrons. The number of aliphatic carboxylic acids is 1. The zero-order valence-corrected chi connectivity index (χ0v) is 17.7. The van der Waals surface area contributed by atoms with E-state index in [0.29, 0.717) is 0 Å². The van der Waals surface area contributed by atoms with Gasteiger partial charge in [-0.25, -0.2) is 48.5 Å². The van der Waals surface area contributed by atoms with Gasteiger partial charge in [-0.1, -0.05) is 12.8 Å². The Balaban J connectivity index is 0.000000500. The van der Waals surface area contributed by atoms with Gasteiger partial charge in [0, 0.05) is 6.42 Å². The fraction of sp³-hybridized carbons (Fsp3) is 0.125. The Morgan fingerprint density at radius 3 is 1.75 bits per heavy atom. The quantitative estimate of drug-likeness (QED) is 0.325. The van der Waals surface area contributed by atoms with E-state index in [2.05, 4.69) is 12.1 Å². The molecular weight excluding hydrogens is 432 g/mol. The third-order valence-corrected chi connectivity index (χ3v) is 3.87. The molecule has 0 aromatic heterocycles. The summed E-state index contributed by atoms with van der Waals surface area (Å²) in [6.07, 6.45) is 2.02. The molecule has 4 aromatic carbocycles. The molecule has 0 saturated heterocycles. The summed E-state index contributed by atoms with van der Waals surface area (Å²) in [5, 5.41) is 8.76. The number of carboxylic acids is 1. The Labute approximate surface area is 188 Å². The van der Waals surface area contributed by atoms with Crippen molar-refractivity contribution in [3.63, 3.8) is 0 Å². The van der Waals surface area contributed by atoms with Crippen molar-refractivity contribution in [1.29, 1.82) is 0 Å². The average Bonchev–Trinajstić information content (AvgIpc) is 3.45. The largest absolute Gasteiger partial charge is 2.00 e. The van der Waals surface area contributed by atoms with Crippen molar-refractivity contribution in [2.75, 3.05) is 0 Å². The maximum atomic E-state index is 10.7. The maximum Gasteiger partial charge on any atom is 2.00 e. The minimum Gasteiger partial charge on any atom is -0.481 e. The van der Waals surface area contributed by atoms with Gasteiger partial charge >= 0.3 is 40.1 Å². The van der Waals surface area contributed by atoms with Crippen LogP contribution in [-0.2, 0) is 58.2 Å². The number of aryl methyl sites for hydroxylation is 2. The van der Waals surface area contributed by atoms with Gasteiger partial charge in [-0.2, -0.15) is 71.3 Å². The molecule has 0 aliphatic carbocycles. The van der Waals surface area contributed by atoms with Crippen LogP contribution in [0.15, 0.2) is 103 Å². The minimum atomic E-state index is -0.763. The summed E-state index contributed by atoms with van der Waals surface area (Å²) in [5.41, 5.74) is 3.41. The molecule has 0 saturated carbocycles. The number of hydrogen-bond donors (Lipinski definition) is 1. The second kappa shape index (κ2) is 15.9. The fourth-order valence-electron chi connectivity index (χ4n) is 2.57. The van der Waals surface area contributed by atoms with Gasteiger partial charge < -0.3 is 5.11 Å². The first-order valence-corrected chi connectivity index (χ1v) is 8.75. The molecule has 0 heterocycles. The van der Waals surface area contributed by atoms with Crippen LogP contribution >= 0.6 is 0 Å². The molecule has 0 spiro atoms. The third kappa shape index (κ3) is 10.9. The first kappa shape index (κ1) is 25.9. The van der Waals surface area contributed by atoms with Gasteiger partial charge in [0.1, 0.15) is 0 Å². The number of carbonyl (C=O) groups is 1. The zero-order chi connectivity index (χ0) is 18.5. The standard InChI is InChI=1S/C14H14O2.2C5H5.2Fe/c15-14(16)10-13-7-3-6-12(13)9-8-11-4-1-2-5-11;2*1-2-4-5-3-1;;/h1-7H,8-10H2,(H,15,16);2*1-5H;;/q-2;2*-1;2*+2. The van der Waals surface area contributed by atoms with Crippen LogP contribution in [0.2, 0.25) is 0 Å². The Morgan fingerprint density at radius 1 is 0.786 bits per heavy atom. The van der Waals surface area contributed by atoms with Crippen LogP contribution in [0.4, 0.5) is 0 Å². The van der Waals surface area contributed by atoms with E-state index in [9.17, 15) is 4.79 Å². The molecule has 0 amide bonds. The number of rotatable bonds is 5. The summed E-state index contributed by atoms with van der Waals surface area (Å²) < 4.78 is 0. The van der Waals surface area contributed by atoms with Crippen LogP contribution in [-0.4, -0.2) is 11.1 Å². The van der Waals surface area contributed by atoms with Crippen molar-refractivity contribution in [1.82, 2.24) is 0 Å². The smallest absolute Gasteiger partial charge is 0.481 e. The second-order valence-electron chi connectivity index (χ2n) is 5.86. The molecule has 0 fully saturated rings. The van der Waals surface area contributed by atoms with Crippen LogP contribution in [0.25, 0.3) is 0 Å². The monoisotopic (exact) mass is 456 g/mol. The first-order valence-electron chi connectivity index (χ1n) is 8.75. The summed E-state index contributed by atoms with van der Waals surface area (Å²) >= 11 is 0. The van der Waals surface area contributed by atoms with Gasteiger partial charge in [0.05, 0.1) is 0 Å². The molecular formula is C24H24Fe2O2. The van der Waals surface area contributed by atoms with E-state index < -0.39 is 5.97 Å². The number of carboxylic acid groups (broad SMARTS) is 1. The molecule has 4 heteroatoms. The van der Waals surface area contributed by atoms with Crippen molar-refractivity contribution in [2.45, 2.75) is 19.3 Å². The molecule has 4 aromatic rings. The van der Waals surface area contributed by atoms with Crippen molar-refractivity contribution in [3.8, 4) is 0 Å². The van der Waals surface area contributed by atoms with Crippen molar-refractivity contribution >= 4 is 5.97 Å². The summed E-state index contributed by atoms with van der Waals surface area (Å²) in [4.78, 5) is 10.7. The van der Waals surface area contributed by atoms with E-state index in [4.69, 9.17) is 5.11 Å². The van der Waals surface area contributed by atoms with Gasteiger partial charge in [0.15, 0.2) is 0 Å². The Hall–Kier alpha value is -2.09. The Kier molecular flexibility index (Phi) is 14.7. The van der Waals surface area contributed by atoms with Crippen molar-refractivity contribution < 1.29 is 44.0 Å². The van der Waals surface area contributed by atoms with E-state index in [0.717, 1.165) is 24.0 Å². The Bertz CT molecular complexity index is 734. The van der Waals surface area contributed by atoms with E-state index >= 15 is 0 Å². The van der Waals surface area contributed by atoms with Crippen molar-refractivity contribution in [2.24, 2.45) is 0 Å². The molecule has 0 aliphatic heterocycles. The molecule has 0 unspecified atom stereocenters. The number of hydrogen-bond acceptors (Lipinski definition) is 1. The predicted octanol–water partition coefficient (Wildman–Crippen LogP) is 5.34. The predicted molar refractivity (Wildman–Crippen MR) is 107 cm³/mol. The van der Waals surface area contributed by atoms with E-state index in [1.54, 1.807) is 0 Å². The topological polar surface area (TPSA) is 37.3 Å². The third-order valence-electron chi connectivity index (χ3n) is 3.87. The van der Waals surface area contributed by atoms with Crippen LogP contribution in [0.1, 0.15) is 16.7 Å². The summed E-state index contributed by atoms with van der Waals surface area (Å²) in [7, 11) is 0. The average molecular weight is 456 g/mol. The molecule has 2 nitrogen and oxygen atoms in total. The second-order valence-corrected chi connectivity index (χ2v) is 5.86. The Morgan fingerprint density at radius 2 is 1.32 bits per heavy atom. The van der Waals surface area contributed by atoms with Crippen LogP contribution in [0.5, 0.6) is 0 Å². The SMILES string of the molecule is O=C(O)Cc1ccc[c-]1CC[c-]1cccc1.[Fe+2].[Fe+2].c1cc[cH-]c1.c1cc[cH-]c1. The van der Waals surface area contributed by atoms with E-state index in [-0.39, 0.29) is 40.6 Å². The summed E-state index contributed by atoms with van der Waals surface area (Å²) in [6.45, 7) is 0. The summed E-state index contributed by atoms with van der Waals surface area (Å²) in [5.74, 6) is -0.763. The zero-order valence-electron chi connectivity index (χ0n) is 15.5. The molecule has 4 rings (SSSR count). The molecule has 28 heavy (non-hydrogen) atoms. The van der Waals surface area contributed by atoms with Crippen molar-refractivity contribution in [3.05, 3.63) is 120 Å². The molecule has 0 radical (unpaired) electrons. The van der Waals surface area contributed by atoms with Crippen LogP contribution < -0.4 is 0 Å². The normalized spacial score (nSPS) is 8.86. The fourth-order valence-corrected chi connectivity index (χ4v) is 2.57. The molecule has 0 bridgehead atoms.